The van der Waals surface area contributed by atoms with Crippen LogP contribution in [0.2, 0.25) is 0 Å². The van der Waals surface area contributed by atoms with E-state index in [9.17, 15) is 9.90 Å². The van der Waals surface area contributed by atoms with Crippen molar-refractivity contribution >= 4 is 11.7 Å². The first-order valence-corrected chi connectivity index (χ1v) is 9.99. The summed E-state index contributed by atoms with van der Waals surface area (Å²) in [7, 11) is 0. The van der Waals surface area contributed by atoms with Crippen molar-refractivity contribution < 1.29 is 9.90 Å². The van der Waals surface area contributed by atoms with E-state index in [0.29, 0.717) is 24.4 Å². The number of benzene rings is 2. The number of nitrogens with one attached hydrogen (secondary N) is 2. The van der Waals surface area contributed by atoms with E-state index in [2.05, 4.69) is 45.9 Å². The fourth-order valence-corrected chi connectivity index (χ4v) is 4.09. The first-order chi connectivity index (χ1) is 14.2. The lowest BCUT2D eigenvalue weighted by Gasteiger charge is -2.33. The summed E-state index contributed by atoms with van der Waals surface area (Å²) in [4.78, 5) is 16.0. The standard InChI is InChI=1S/C24H25N3O2/c28-24(29)20-10-5-4-7-17(20)12-14-26-23(18-8-2-1-3-9-18)19-15-22-21(27-16-19)11-6-13-25-22/h1-11,13,19,23,26-27H,12,14-16H2,(H,28,29)/t19-,23-/m1/s1. The summed E-state index contributed by atoms with van der Waals surface area (Å²) in [6.45, 7) is 1.58. The summed E-state index contributed by atoms with van der Waals surface area (Å²) in [6.07, 6.45) is 3.42. The highest BCUT2D eigenvalue weighted by Gasteiger charge is 2.27. The van der Waals surface area contributed by atoms with Gasteiger partial charge in [-0.2, -0.15) is 0 Å². The molecule has 0 saturated carbocycles. The zero-order valence-corrected chi connectivity index (χ0v) is 16.2. The van der Waals surface area contributed by atoms with Gasteiger partial charge in [0.1, 0.15) is 0 Å². The minimum atomic E-state index is -0.876. The SMILES string of the molecule is O=C(O)c1ccccc1CCN[C@H](c1ccccc1)[C@H]1CNc2cccnc2C1. The Labute approximate surface area is 170 Å². The Morgan fingerprint density at radius 2 is 1.90 bits per heavy atom. The molecule has 5 heteroatoms. The first-order valence-electron chi connectivity index (χ1n) is 9.99. The van der Waals surface area contributed by atoms with Crippen LogP contribution in [0, 0.1) is 5.92 Å². The molecule has 1 aliphatic heterocycles. The molecule has 148 valence electrons. The van der Waals surface area contributed by atoms with Gasteiger partial charge in [0.2, 0.25) is 0 Å². The second-order valence-corrected chi connectivity index (χ2v) is 7.40. The number of carboxylic acids is 1. The molecule has 2 heterocycles. The highest BCUT2D eigenvalue weighted by atomic mass is 16.4. The molecule has 2 aromatic carbocycles. The summed E-state index contributed by atoms with van der Waals surface area (Å²) in [5.74, 6) is -0.520. The third-order valence-corrected chi connectivity index (χ3v) is 5.54. The van der Waals surface area contributed by atoms with Crippen LogP contribution >= 0.6 is 0 Å². The van der Waals surface area contributed by atoms with Gasteiger partial charge in [0, 0.05) is 24.7 Å². The van der Waals surface area contributed by atoms with Gasteiger partial charge in [-0.15, -0.1) is 0 Å². The number of aromatic carboxylic acids is 1. The summed E-state index contributed by atoms with van der Waals surface area (Å²) in [5, 5.41) is 16.6. The number of nitrogens with zero attached hydrogens (tertiary/aromatic N) is 1. The fraction of sp³-hybridized carbons (Fsp3) is 0.250. The van der Waals surface area contributed by atoms with Gasteiger partial charge < -0.3 is 15.7 Å². The molecule has 1 aliphatic rings. The first kappa shape index (κ1) is 19.2. The lowest BCUT2D eigenvalue weighted by Crippen LogP contribution is -2.37. The van der Waals surface area contributed by atoms with Crippen molar-refractivity contribution in [2.24, 2.45) is 5.92 Å². The lowest BCUT2D eigenvalue weighted by molar-refractivity contribution is 0.0695. The molecule has 0 bridgehead atoms. The van der Waals surface area contributed by atoms with Crippen molar-refractivity contribution in [3.63, 3.8) is 0 Å². The molecule has 0 aliphatic carbocycles. The minimum Gasteiger partial charge on any atom is -0.478 e. The topological polar surface area (TPSA) is 74.2 Å². The maximum atomic E-state index is 11.5. The number of hydrogen-bond acceptors (Lipinski definition) is 4. The molecule has 0 fully saturated rings. The van der Waals surface area contributed by atoms with E-state index in [1.807, 2.05) is 30.5 Å². The molecule has 3 N–H and O–H groups in total. The molecule has 0 amide bonds. The molecule has 1 aromatic heterocycles. The third-order valence-electron chi connectivity index (χ3n) is 5.54. The normalized spacial score (nSPS) is 16.5. The van der Waals surface area contributed by atoms with Crippen LogP contribution in [0.5, 0.6) is 0 Å². The van der Waals surface area contributed by atoms with E-state index < -0.39 is 5.97 Å². The molecule has 2 atom stereocenters. The van der Waals surface area contributed by atoms with E-state index >= 15 is 0 Å². The van der Waals surface area contributed by atoms with Crippen LogP contribution in [-0.2, 0) is 12.8 Å². The number of carbonyl (C=O) groups is 1. The minimum absolute atomic E-state index is 0.163. The van der Waals surface area contributed by atoms with Gasteiger partial charge in [-0.1, -0.05) is 48.5 Å². The van der Waals surface area contributed by atoms with Gasteiger partial charge in [0.25, 0.3) is 0 Å². The Kier molecular flexibility index (Phi) is 5.86. The number of carboxylic acid groups (broad SMARTS) is 1. The Bertz CT molecular complexity index is 975. The van der Waals surface area contributed by atoms with Crippen molar-refractivity contribution in [3.05, 3.63) is 95.3 Å². The van der Waals surface area contributed by atoms with Crippen LogP contribution < -0.4 is 10.6 Å². The van der Waals surface area contributed by atoms with Crippen molar-refractivity contribution in [1.29, 1.82) is 0 Å². The number of pyridine rings is 1. The number of rotatable bonds is 7. The highest BCUT2D eigenvalue weighted by Crippen LogP contribution is 2.31. The van der Waals surface area contributed by atoms with Gasteiger partial charge >= 0.3 is 5.97 Å². The number of aromatic nitrogens is 1. The summed E-state index contributed by atoms with van der Waals surface area (Å²) < 4.78 is 0. The predicted octanol–water partition coefficient (Wildman–Crippen LogP) is 3.94. The lowest BCUT2D eigenvalue weighted by atomic mass is 9.86. The molecule has 29 heavy (non-hydrogen) atoms. The van der Waals surface area contributed by atoms with Crippen LogP contribution in [-0.4, -0.2) is 29.1 Å². The van der Waals surface area contributed by atoms with Gasteiger partial charge in [0.05, 0.1) is 16.9 Å². The maximum Gasteiger partial charge on any atom is 0.335 e. The van der Waals surface area contributed by atoms with Gasteiger partial charge in [-0.3, -0.25) is 4.98 Å². The summed E-state index contributed by atoms with van der Waals surface area (Å²) in [6, 6.07) is 21.9. The van der Waals surface area contributed by atoms with E-state index in [-0.39, 0.29) is 6.04 Å². The van der Waals surface area contributed by atoms with Crippen LogP contribution in [0.25, 0.3) is 0 Å². The van der Waals surface area contributed by atoms with Crippen LogP contribution in [0.4, 0.5) is 5.69 Å². The van der Waals surface area contributed by atoms with Crippen LogP contribution in [0.3, 0.4) is 0 Å². The molecule has 0 unspecified atom stereocenters. The quantitative estimate of drug-likeness (QED) is 0.573. The Morgan fingerprint density at radius 3 is 2.72 bits per heavy atom. The number of anilines is 1. The van der Waals surface area contributed by atoms with E-state index in [1.54, 1.807) is 12.1 Å². The molecule has 5 nitrogen and oxygen atoms in total. The predicted molar refractivity (Wildman–Crippen MR) is 114 cm³/mol. The molecule has 0 spiro atoms. The zero-order valence-electron chi connectivity index (χ0n) is 16.2. The van der Waals surface area contributed by atoms with E-state index in [4.69, 9.17) is 0 Å². The summed E-state index contributed by atoms with van der Waals surface area (Å²) in [5.41, 5.74) is 4.69. The van der Waals surface area contributed by atoms with Gasteiger partial charge in [-0.25, -0.2) is 4.79 Å². The van der Waals surface area contributed by atoms with Crippen molar-refractivity contribution in [3.8, 4) is 0 Å². The summed E-state index contributed by atoms with van der Waals surface area (Å²) >= 11 is 0. The van der Waals surface area contributed by atoms with Crippen molar-refractivity contribution in [1.82, 2.24) is 10.3 Å². The monoisotopic (exact) mass is 387 g/mol. The molecule has 4 rings (SSSR count). The van der Waals surface area contributed by atoms with Crippen molar-refractivity contribution in [2.75, 3.05) is 18.4 Å². The molecule has 0 radical (unpaired) electrons. The molecule has 0 saturated heterocycles. The number of hydrogen-bond donors (Lipinski definition) is 3. The zero-order chi connectivity index (χ0) is 20.1. The van der Waals surface area contributed by atoms with E-state index in [1.165, 1.54) is 5.56 Å². The largest absolute Gasteiger partial charge is 0.478 e. The van der Waals surface area contributed by atoms with Gasteiger partial charge in [0.15, 0.2) is 0 Å². The Morgan fingerprint density at radius 1 is 1.10 bits per heavy atom. The highest BCUT2D eigenvalue weighted by molar-refractivity contribution is 5.89. The Balaban J connectivity index is 1.50. The average molecular weight is 387 g/mol. The van der Waals surface area contributed by atoms with E-state index in [0.717, 1.165) is 29.9 Å². The maximum absolute atomic E-state index is 11.5. The molecule has 3 aromatic rings. The molecular formula is C24H25N3O2. The average Bonchev–Trinajstić information content (AvgIpc) is 2.77. The van der Waals surface area contributed by atoms with Crippen LogP contribution in [0.15, 0.2) is 72.9 Å². The smallest absolute Gasteiger partial charge is 0.335 e. The van der Waals surface area contributed by atoms with Crippen molar-refractivity contribution in [2.45, 2.75) is 18.9 Å². The Hall–Kier alpha value is -3.18. The third kappa shape index (κ3) is 4.46. The van der Waals surface area contributed by atoms with Crippen LogP contribution in [0.1, 0.15) is 33.2 Å². The number of fused-ring (bicyclic) bond motifs is 1. The molecular weight excluding hydrogens is 362 g/mol. The fourth-order valence-electron chi connectivity index (χ4n) is 4.09. The van der Waals surface area contributed by atoms with Gasteiger partial charge in [-0.05, 0) is 48.7 Å². The second kappa shape index (κ2) is 8.88. The second-order valence-electron chi connectivity index (χ2n) is 7.40.